The van der Waals surface area contributed by atoms with Crippen LogP contribution in [-0.2, 0) is 6.54 Å². The van der Waals surface area contributed by atoms with E-state index in [-0.39, 0.29) is 5.69 Å². The number of aryl methyl sites for hydroxylation is 1. The number of nitrogens with one attached hydrogen (secondary N) is 1. The molecule has 1 aliphatic heterocycles. The van der Waals surface area contributed by atoms with Crippen molar-refractivity contribution in [2.24, 2.45) is 5.92 Å². The van der Waals surface area contributed by atoms with Gasteiger partial charge in [0.1, 0.15) is 0 Å². The number of hydrogen-bond acceptors (Lipinski definition) is 3. The smallest absolute Gasteiger partial charge is 0.317 e. The van der Waals surface area contributed by atoms with Crippen molar-refractivity contribution >= 4 is 0 Å². The van der Waals surface area contributed by atoms with Crippen LogP contribution >= 0.6 is 0 Å². The van der Waals surface area contributed by atoms with Crippen molar-refractivity contribution in [2.75, 3.05) is 13.1 Å². The molecule has 0 spiro atoms. The van der Waals surface area contributed by atoms with E-state index >= 15 is 0 Å². The van der Waals surface area contributed by atoms with Gasteiger partial charge in [0.25, 0.3) is 0 Å². The van der Waals surface area contributed by atoms with Gasteiger partial charge in [-0.05, 0) is 44.3 Å². The van der Waals surface area contributed by atoms with Crippen molar-refractivity contribution < 1.29 is 0 Å². The molecule has 1 aliphatic rings. The lowest BCUT2D eigenvalue weighted by molar-refractivity contribution is 0.328. The summed E-state index contributed by atoms with van der Waals surface area (Å²) in [6.07, 6.45) is 5.83. The lowest BCUT2D eigenvalue weighted by Gasteiger charge is -2.23. The van der Waals surface area contributed by atoms with Crippen molar-refractivity contribution in [1.82, 2.24) is 14.9 Å². The molecule has 1 aromatic heterocycles. The Balaban J connectivity index is 2.09. The first-order valence-corrected chi connectivity index (χ1v) is 5.49. The standard InChI is InChI=1S/C11H17N3O/c1-9-6-13-11(15)14(7-9)8-10-2-4-12-5-3-10/h6-7,10,12H,2-5,8H2,1H3. The average molecular weight is 207 g/mol. The Labute approximate surface area is 89.3 Å². The molecule has 15 heavy (non-hydrogen) atoms. The lowest BCUT2D eigenvalue weighted by atomic mass is 9.98. The molecule has 82 valence electrons. The van der Waals surface area contributed by atoms with E-state index in [1.807, 2.05) is 13.1 Å². The third kappa shape index (κ3) is 2.65. The molecular weight excluding hydrogens is 190 g/mol. The van der Waals surface area contributed by atoms with E-state index < -0.39 is 0 Å². The summed E-state index contributed by atoms with van der Waals surface area (Å²) in [6.45, 7) is 4.91. The van der Waals surface area contributed by atoms with E-state index in [9.17, 15) is 4.79 Å². The summed E-state index contributed by atoms with van der Waals surface area (Å²) in [7, 11) is 0. The van der Waals surface area contributed by atoms with Crippen LogP contribution < -0.4 is 11.0 Å². The zero-order chi connectivity index (χ0) is 10.7. The third-order valence-electron chi connectivity index (χ3n) is 2.90. The molecule has 0 radical (unpaired) electrons. The van der Waals surface area contributed by atoms with E-state index in [0.29, 0.717) is 5.92 Å². The van der Waals surface area contributed by atoms with Gasteiger partial charge in [-0.1, -0.05) is 0 Å². The SMILES string of the molecule is Cc1cnc(=O)n(CC2CCNCC2)c1. The molecule has 1 N–H and O–H groups in total. The molecule has 1 aromatic rings. The number of hydrogen-bond donors (Lipinski definition) is 1. The topological polar surface area (TPSA) is 46.9 Å². The lowest BCUT2D eigenvalue weighted by Crippen LogP contribution is -2.33. The molecular formula is C11H17N3O. The molecule has 2 rings (SSSR count). The molecule has 0 atom stereocenters. The van der Waals surface area contributed by atoms with Crippen molar-refractivity contribution in [3.63, 3.8) is 0 Å². The molecule has 4 nitrogen and oxygen atoms in total. The first-order valence-electron chi connectivity index (χ1n) is 5.49. The van der Waals surface area contributed by atoms with E-state index in [1.54, 1.807) is 10.8 Å². The predicted octanol–water partition coefficient (Wildman–Crippen LogP) is 0.551. The summed E-state index contributed by atoms with van der Waals surface area (Å²) in [5.41, 5.74) is 0.919. The maximum absolute atomic E-state index is 11.5. The minimum atomic E-state index is -0.126. The molecule has 4 heteroatoms. The Morgan fingerprint density at radius 1 is 1.53 bits per heavy atom. The fourth-order valence-corrected chi connectivity index (χ4v) is 2.04. The fourth-order valence-electron chi connectivity index (χ4n) is 2.04. The van der Waals surface area contributed by atoms with Crippen LogP contribution in [0.4, 0.5) is 0 Å². The second-order valence-electron chi connectivity index (χ2n) is 4.26. The normalized spacial score (nSPS) is 17.9. The summed E-state index contributed by atoms with van der Waals surface area (Å²) in [6, 6.07) is 0. The van der Waals surface area contributed by atoms with Crippen molar-refractivity contribution in [2.45, 2.75) is 26.3 Å². The van der Waals surface area contributed by atoms with Crippen LogP contribution in [0.15, 0.2) is 17.2 Å². The molecule has 0 amide bonds. The van der Waals surface area contributed by atoms with Crippen LogP contribution in [0.5, 0.6) is 0 Å². The minimum absolute atomic E-state index is 0.126. The number of nitrogens with zero attached hydrogens (tertiary/aromatic N) is 2. The highest BCUT2D eigenvalue weighted by atomic mass is 16.1. The molecule has 0 saturated carbocycles. The maximum atomic E-state index is 11.5. The number of piperidine rings is 1. The van der Waals surface area contributed by atoms with E-state index in [1.165, 1.54) is 0 Å². The van der Waals surface area contributed by atoms with Gasteiger partial charge in [0, 0.05) is 18.9 Å². The Hall–Kier alpha value is -1.16. The first-order chi connectivity index (χ1) is 7.25. The summed E-state index contributed by atoms with van der Waals surface area (Å²) in [5, 5.41) is 3.32. The minimum Gasteiger partial charge on any atom is -0.317 e. The van der Waals surface area contributed by atoms with Gasteiger partial charge < -0.3 is 5.32 Å². The summed E-state index contributed by atoms with van der Waals surface area (Å²) in [5.74, 6) is 0.618. The Morgan fingerprint density at radius 2 is 2.27 bits per heavy atom. The summed E-state index contributed by atoms with van der Waals surface area (Å²) < 4.78 is 1.74. The van der Waals surface area contributed by atoms with Gasteiger partial charge in [-0.3, -0.25) is 4.57 Å². The molecule has 0 aliphatic carbocycles. The van der Waals surface area contributed by atoms with Gasteiger partial charge in [0.15, 0.2) is 0 Å². The van der Waals surface area contributed by atoms with Gasteiger partial charge >= 0.3 is 5.69 Å². The molecule has 1 saturated heterocycles. The second kappa shape index (κ2) is 4.57. The predicted molar refractivity (Wildman–Crippen MR) is 58.8 cm³/mol. The summed E-state index contributed by atoms with van der Waals surface area (Å²) >= 11 is 0. The van der Waals surface area contributed by atoms with Gasteiger partial charge in [0.2, 0.25) is 0 Å². The van der Waals surface area contributed by atoms with E-state index in [0.717, 1.165) is 38.0 Å². The highest BCUT2D eigenvalue weighted by molar-refractivity contribution is 4.99. The van der Waals surface area contributed by atoms with Crippen LogP contribution in [-0.4, -0.2) is 22.6 Å². The van der Waals surface area contributed by atoms with Crippen LogP contribution in [0.2, 0.25) is 0 Å². The summed E-state index contributed by atoms with van der Waals surface area (Å²) in [4.78, 5) is 15.3. The molecule has 1 fully saturated rings. The zero-order valence-electron chi connectivity index (χ0n) is 9.07. The first kappa shape index (κ1) is 10.4. The average Bonchev–Trinajstić information content (AvgIpc) is 2.25. The van der Waals surface area contributed by atoms with Crippen LogP contribution in [0, 0.1) is 12.8 Å². The van der Waals surface area contributed by atoms with Gasteiger partial charge in [-0.15, -0.1) is 0 Å². The number of aromatic nitrogens is 2. The molecule has 2 heterocycles. The van der Waals surface area contributed by atoms with Crippen molar-refractivity contribution in [3.05, 3.63) is 28.4 Å². The Bertz CT molecular complexity index is 380. The van der Waals surface area contributed by atoms with E-state index in [2.05, 4.69) is 10.3 Å². The Morgan fingerprint density at radius 3 is 3.00 bits per heavy atom. The monoisotopic (exact) mass is 207 g/mol. The zero-order valence-corrected chi connectivity index (χ0v) is 9.07. The maximum Gasteiger partial charge on any atom is 0.347 e. The van der Waals surface area contributed by atoms with Crippen molar-refractivity contribution in [3.8, 4) is 0 Å². The Kier molecular flexibility index (Phi) is 3.16. The van der Waals surface area contributed by atoms with Crippen LogP contribution in [0.25, 0.3) is 0 Å². The fraction of sp³-hybridized carbons (Fsp3) is 0.636. The quantitative estimate of drug-likeness (QED) is 0.770. The van der Waals surface area contributed by atoms with E-state index in [4.69, 9.17) is 0 Å². The second-order valence-corrected chi connectivity index (χ2v) is 4.26. The highest BCUT2D eigenvalue weighted by Crippen LogP contribution is 2.13. The van der Waals surface area contributed by atoms with Crippen molar-refractivity contribution in [1.29, 1.82) is 0 Å². The highest BCUT2D eigenvalue weighted by Gasteiger charge is 2.14. The van der Waals surface area contributed by atoms with Crippen LogP contribution in [0.1, 0.15) is 18.4 Å². The number of rotatable bonds is 2. The van der Waals surface area contributed by atoms with Gasteiger partial charge in [-0.25, -0.2) is 9.78 Å². The molecule has 0 unspecified atom stereocenters. The largest absolute Gasteiger partial charge is 0.347 e. The van der Waals surface area contributed by atoms with Crippen LogP contribution in [0.3, 0.4) is 0 Å². The van der Waals surface area contributed by atoms with Gasteiger partial charge in [-0.2, -0.15) is 0 Å². The third-order valence-corrected chi connectivity index (χ3v) is 2.90. The van der Waals surface area contributed by atoms with Gasteiger partial charge in [0.05, 0.1) is 0 Å². The molecule has 0 aromatic carbocycles. The molecule has 0 bridgehead atoms.